The molecule has 2 aromatic rings. The number of nitrogens with zero attached hydrogens (tertiary/aromatic N) is 2. The van der Waals surface area contributed by atoms with Crippen LogP contribution in [0.5, 0.6) is 0 Å². The van der Waals surface area contributed by atoms with Gasteiger partial charge in [-0.15, -0.1) is 0 Å². The number of rotatable bonds is 3. The van der Waals surface area contributed by atoms with Crippen LogP contribution in [-0.4, -0.2) is 42.4 Å². The lowest BCUT2D eigenvalue weighted by molar-refractivity contribution is 0.0696. The van der Waals surface area contributed by atoms with Gasteiger partial charge in [0.25, 0.3) is 0 Å². The second-order valence-electron chi connectivity index (χ2n) is 5.01. The Kier molecular flexibility index (Phi) is 4.02. The van der Waals surface area contributed by atoms with Crippen molar-refractivity contribution in [3.8, 4) is 11.1 Å². The molecule has 1 N–H and O–H groups in total. The Morgan fingerprint density at radius 2 is 2.05 bits per heavy atom. The van der Waals surface area contributed by atoms with Crippen LogP contribution < -0.4 is 4.90 Å². The SMILES string of the molecule is O=C(O)c1cnc(N2CCOCC2)c(-c2cccc(F)c2)c1. The third-order valence-electron chi connectivity index (χ3n) is 3.56. The fourth-order valence-electron chi connectivity index (χ4n) is 2.47. The van der Waals surface area contributed by atoms with Crippen LogP contribution in [0, 0.1) is 5.82 Å². The molecule has 6 heteroatoms. The van der Waals surface area contributed by atoms with Crippen molar-refractivity contribution in [2.45, 2.75) is 0 Å². The molecule has 1 aromatic carbocycles. The predicted octanol–water partition coefficient (Wildman–Crippen LogP) is 2.42. The number of pyridine rings is 1. The molecule has 0 unspecified atom stereocenters. The fourth-order valence-corrected chi connectivity index (χ4v) is 2.47. The number of ether oxygens (including phenoxy) is 1. The van der Waals surface area contributed by atoms with E-state index in [1.807, 2.05) is 4.90 Å². The van der Waals surface area contributed by atoms with E-state index in [9.17, 15) is 9.18 Å². The summed E-state index contributed by atoms with van der Waals surface area (Å²) in [6.07, 6.45) is 1.33. The molecule has 1 aliphatic rings. The number of benzene rings is 1. The van der Waals surface area contributed by atoms with Gasteiger partial charge in [0, 0.05) is 24.8 Å². The average Bonchev–Trinajstić information content (AvgIpc) is 2.55. The van der Waals surface area contributed by atoms with Crippen LogP contribution in [-0.2, 0) is 4.74 Å². The standard InChI is InChI=1S/C16H15FN2O3/c17-13-3-1-2-11(8-13)14-9-12(16(20)21)10-18-15(14)19-4-6-22-7-5-19/h1-3,8-10H,4-7H2,(H,20,21). The summed E-state index contributed by atoms with van der Waals surface area (Å²) in [5.74, 6) is -0.774. The number of morpholine rings is 1. The molecular formula is C16H15FN2O3. The van der Waals surface area contributed by atoms with Gasteiger partial charge in [-0.05, 0) is 23.8 Å². The van der Waals surface area contributed by atoms with E-state index in [0.717, 1.165) is 0 Å². The second-order valence-corrected chi connectivity index (χ2v) is 5.01. The minimum Gasteiger partial charge on any atom is -0.478 e. The minimum absolute atomic E-state index is 0.0799. The van der Waals surface area contributed by atoms with Crippen LogP contribution in [0.3, 0.4) is 0 Å². The molecule has 1 aliphatic heterocycles. The molecule has 3 rings (SSSR count). The number of aromatic carboxylic acids is 1. The Morgan fingerprint density at radius 1 is 1.27 bits per heavy atom. The molecule has 0 atom stereocenters. The van der Waals surface area contributed by atoms with Crippen molar-refractivity contribution in [3.63, 3.8) is 0 Å². The van der Waals surface area contributed by atoms with E-state index in [0.29, 0.717) is 43.2 Å². The number of carbonyl (C=O) groups is 1. The van der Waals surface area contributed by atoms with E-state index >= 15 is 0 Å². The average molecular weight is 302 g/mol. The largest absolute Gasteiger partial charge is 0.478 e. The molecular weight excluding hydrogens is 287 g/mol. The van der Waals surface area contributed by atoms with E-state index in [4.69, 9.17) is 9.84 Å². The third kappa shape index (κ3) is 2.92. The van der Waals surface area contributed by atoms with Crippen molar-refractivity contribution >= 4 is 11.8 Å². The lowest BCUT2D eigenvalue weighted by atomic mass is 10.0. The summed E-state index contributed by atoms with van der Waals surface area (Å²) < 4.78 is 18.8. The Labute approximate surface area is 127 Å². The minimum atomic E-state index is -1.06. The summed E-state index contributed by atoms with van der Waals surface area (Å²) in [6, 6.07) is 7.62. The highest BCUT2D eigenvalue weighted by molar-refractivity contribution is 5.91. The number of halogens is 1. The van der Waals surface area contributed by atoms with Gasteiger partial charge in [-0.25, -0.2) is 14.2 Å². The quantitative estimate of drug-likeness (QED) is 0.943. The summed E-state index contributed by atoms with van der Waals surface area (Å²) in [6.45, 7) is 2.51. The molecule has 0 bridgehead atoms. The van der Waals surface area contributed by atoms with Crippen molar-refractivity contribution in [1.82, 2.24) is 4.98 Å². The molecule has 2 heterocycles. The van der Waals surface area contributed by atoms with Crippen LogP contribution in [0.15, 0.2) is 36.5 Å². The van der Waals surface area contributed by atoms with E-state index in [1.165, 1.54) is 24.4 Å². The molecule has 0 radical (unpaired) electrons. The maximum Gasteiger partial charge on any atom is 0.337 e. The zero-order valence-electron chi connectivity index (χ0n) is 11.8. The Balaban J connectivity index is 2.10. The van der Waals surface area contributed by atoms with Crippen molar-refractivity contribution in [1.29, 1.82) is 0 Å². The number of aromatic nitrogens is 1. The molecule has 114 valence electrons. The van der Waals surface area contributed by atoms with Crippen molar-refractivity contribution in [2.24, 2.45) is 0 Å². The molecule has 0 spiro atoms. The molecule has 0 aliphatic carbocycles. The lowest BCUT2D eigenvalue weighted by Crippen LogP contribution is -2.37. The van der Waals surface area contributed by atoms with Crippen LogP contribution in [0.4, 0.5) is 10.2 Å². The topological polar surface area (TPSA) is 62.7 Å². The highest BCUT2D eigenvalue weighted by Crippen LogP contribution is 2.30. The molecule has 5 nitrogen and oxygen atoms in total. The van der Waals surface area contributed by atoms with Gasteiger partial charge in [0.15, 0.2) is 0 Å². The van der Waals surface area contributed by atoms with E-state index in [1.54, 1.807) is 12.1 Å². The monoisotopic (exact) mass is 302 g/mol. The summed E-state index contributed by atoms with van der Waals surface area (Å²) >= 11 is 0. The van der Waals surface area contributed by atoms with Crippen LogP contribution in [0.2, 0.25) is 0 Å². The van der Waals surface area contributed by atoms with Crippen LogP contribution in [0.1, 0.15) is 10.4 Å². The molecule has 22 heavy (non-hydrogen) atoms. The normalized spacial score (nSPS) is 14.9. The van der Waals surface area contributed by atoms with Gasteiger partial charge in [0.05, 0.1) is 18.8 Å². The second kappa shape index (κ2) is 6.11. The Bertz CT molecular complexity index is 700. The molecule has 0 amide bonds. The lowest BCUT2D eigenvalue weighted by Gasteiger charge is -2.29. The predicted molar refractivity (Wildman–Crippen MR) is 79.6 cm³/mol. The third-order valence-corrected chi connectivity index (χ3v) is 3.56. The first-order chi connectivity index (χ1) is 10.6. The zero-order valence-corrected chi connectivity index (χ0v) is 11.8. The fraction of sp³-hybridized carbons (Fsp3) is 0.250. The first-order valence-corrected chi connectivity index (χ1v) is 6.97. The summed E-state index contributed by atoms with van der Waals surface area (Å²) in [5.41, 5.74) is 1.30. The van der Waals surface area contributed by atoms with Gasteiger partial charge in [-0.2, -0.15) is 0 Å². The maximum absolute atomic E-state index is 13.5. The summed E-state index contributed by atoms with van der Waals surface area (Å²) in [7, 11) is 0. The summed E-state index contributed by atoms with van der Waals surface area (Å²) in [4.78, 5) is 17.5. The highest BCUT2D eigenvalue weighted by atomic mass is 19.1. The first-order valence-electron chi connectivity index (χ1n) is 6.97. The van der Waals surface area contributed by atoms with Gasteiger partial charge >= 0.3 is 5.97 Å². The van der Waals surface area contributed by atoms with Gasteiger partial charge in [-0.3, -0.25) is 0 Å². The van der Waals surface area contributed by atoms with Gasteiger partial charge < -0.3 is 14.7 Å². The highest BCUT2D eigenvalue weighted by Gasteiger charge is 2.19. The zero-order chi connectivity index (χ0) is 15.5. The number of hydrogen-bond acceptors (Lipinski definition) is 4. The van der Waals surface area contributed by atoms with E-state index in [2.05, 4.69) is 4.98 Å². The molecule has 0 saturated carbocycles. The molecule has 1 aromatic heterocycles. The first kappa shape index (κ1) is 14.5. The number of carboxylic acid groups (broad SMARTS) is 1. The number of carboxylic acids is 1. The van der Waals surface area contributed by atoms with Gasteiger partial charge in [0.1, 0.15) is 11.6 Å². The van der Waals surface area contributed by atoms with E-state index in [-0.39, 0.29) is 11.4 Å². The molecule has 1 fully saturated rings. The maximum atomic E-state index is 13.5. The van der Waals surface area contributed by atoms with Crippen molar-refractivity contribution < 1.29 is 19.0 Å². The molecule has 1 saturated heterocycles. The number of anilines is 1. The van der Waals surface area contributed by atoms with Gasteiger partial charge in [-0.1, -0.05) is 12.1 Å². The van der Waals surface area contributed by atoms with Gasteiger partial charge in [0.2, 0.25) is 0 Å². The van der Waals surface area contributed by atoms with Crippen LogP contribution in [0.25, 0.3) is 11.1 Å². The van der Waals surface area contributed by atoms with E-state index < -0.39 is 5.97 Å². The van der Waals surface area contributed by atoms with Crippen molar-refractivity contribution in [2.75, 3.05) is 31.2 Å². The summed E-state index contributed by atoms with van der Waals surface area (Å²) in [5, 5.41) is 9.16. The Morgan fingerprint density at radius 3 is 2.73 bits per heavy atom. The van der Waals surface area contributed by atoms with Crippen LogP contribution >= 0.6 is 0 Å². The smallest absolute Gasteiger partial charge is 0.337 e. The number of hydrogen-bond donors (Lipinski definition) is 1. The Hall–Kier alpha value is -2.47. The van der Waals surface area contributed by atoms with Crippen molar-refractivity contribution in [3.05, 3.63) is 47.9 Å².